The van der Waals surface area contributed by atoms with Crippen LogP contribution in [0.4, 0.5) is 4.39 Å². The highest BCUT2D eigenvalue weighted by atomic mass is 32.2. The fourth-order valence-corrected chi connectivity index (χ4v) is 3.33. The van der Waals surface area contributed by atoms with Crippen molar-refractivity contribution in [3.8, 4) is 0 Å². The number of amides is 1. The van der Waals surface area contributed by atoms with Crippen LogP contribution >= 0.6 is 11.8 Å². The summed E-state index contributed by atoms with van der Waals surface area (Å²) >= 11 is 1.44. The summed E-state index contributed by atoms with van der Waals surface area (Å²) in [6.07, 6.45) is 3.99. The number of fused-ring (bicyclic) bond motifs is 1. The molecule has 0 aromatic heterocycles. The minimum atomic E-state index is -0.241. The van der Waals surface area contributed by atoms with Gasteiger partial charge in [0.2, 0.25) is 0 Å². The molecule has 1 saturated carbocycles. The number of hydrogen-bond acceptors (Lipinski definition) is 3. The molecule has 104 valence electrons. The summed E-state index contributed by atoms with van der Waals surface area (Å²) in [6, 6.07) is 6.35. The Morgan fingerprint density at radius 1 is 1.20 bits per heavy atom. The van der Waals surface area contributed by atoms with Gasteiger partial charge in [0.15, 0.2) is 5.17 Å². The number of thioether (sulfide) groups is 1. The van der Waals surface area contributed by atoms with Crippen molar-refractivity contribution in [2.45, 2.75) is 31.4 Å². The van der Waals surface area contributed by atoms with E-state index in [-0.39, 0.29) is 17.6 Å². The maximum absolute atomic E-state index is 12.8. The normalized spacial score (nSPS) is 22.1. The number of nitrogens with zero attached hydrogens (tertiary/aromatic N) is 2. The quantitative estimate of drug-likeness (QED) is 0.835. The SMILES string of the molecule is O=C1N=C(SCc2ccc(F)cc2)N=C2CCCCC12. The van der Waals surface area contributed by atoms with Gasteiger partial charge < -0.3 is 0 Å². The number of carbonyl (C=O) groups is 1. The van der Waals surface area contributed by atoms with Crippen LogP contribution in [0.3, 0.4) is 0 Å². The third-order valence-electron chi connectivity index (χ3n) is 3.60. The molecule has 1 unspecified atom stereocenters. The highest BCUT2D eigenvalue weighted by molar-refractivity contribution is 8.13. The van der Waals surface area contributed by atoms with Crippen molar-refractivity contribution in [3.63, 3.8) is 0 Å². The second-order valence-electron chi connectivity index (χ2n) is 5.05. The second-order valence-corrected chi connectivity index (χ2v) is 5.99. The Balaban J connectivity index is 1.67. The average Bonchev–Trinajstić information content (AvgIpc) is 2.47. The average molecular weight is 290 g/mol. The maximum Gasteiger partial charge on any atom is 0.256 e. The highest BCUT2D eigenvalue weighted by Crippen LogP contribution is 2.28. The van der Waals surface area contributed by atoms with Crippen LogP contribution in [0.2, 0.25) is 0 Å². The van der Waals surface area contributed by atoms with Crippen molar-refractivity contribution in [2.24, 2.45) is 15.9 Å². The first-order valence-electron chi connectivity index (χ1n) is 6.79. The van der Waals surface area contributed by atoms with E-state index in [1.54, 1.807) is 12.1 Å². The number of carbonyl (C=O) groups excluding carboxylic acids is 1. The molecule has 0 spiro atoms. The zero-order valence-electron chi connectivity index (χ0n) is 11.0. The molecule has 1 amide bonds. The van der Waals surface area contributed by atoms with Crippen LogP contribution in [0.25, 0.3) is 0 Å². The van der Waals surface area contributed by atoms with E-state index in [9.17, 15) is 9.18 Å². The molecule has 1 fully saturated rings. The monoisotopic (exact) mass is 290 g/mol. The zero-order valence-corrected chi connectivity index (χ0v) is 11.8. The molecule has 1 aromatic carbocycles. The smallest absolute Gasteiger partial charge is 0.256 e. The van der Waals surface area contributed by atoms with E-state index in [0.717, 1.165) is 37.0 Å². The van der Waals surface area contributed by atoms with Crippen LogP contribution in [0.15, 0.2) is 34.3 Å². The van der Waals surface area contributed by atoms with Gasteiger partial charge in [-0.05, 0) is 37.0 Å². The topological polar surface area (TPSA) is 41.8 Å². The first-order valence-corrected chi connectivity index (χ1v) is 7.78. The number of benzene rings is 1. The van der Waals surface area contributed by atoms with Gasteiger partial charge in [0.1, 0.15) is 5.82 Å². The molecule has 1 aliphatic heterocycles. The molecule has 1 atom stereocenters. The Kier molecular flexibility index (Phi) is 3.96. The van der Waals surface area contributed by atoms with E-state index < -0.39 is 0 Å². The Morgan fingerprint density at radius 3 is 2.80 bits per heavy atom. The predicted octanol–water partition coefficient (Wildman–Crippen LogP) is 3.59. The van der Waals surface area contributed by atoms with Gasteiger partial charge in [-0.2, -0.15) is 4.99 Å². The van der Waals surface area contributed by atoms with Crippen LogP contribution in [0.5, 0.6) is 0 Å². The van der Waals surface area contributed by atoms with Crippen molar-refractivity contribution in [2.75, 3.05) is 0 Å². The molecule has 1 aliphatic carbocycles. The van der Waals surface area contributed by atoms with Crippen molar-refractivity contribution in [1.82, 2.24) is 0 Å². The molecule has 3 rings (SSSR count). The lowest BCUT2D eigenvalue weighted by Crippen LogP contribution is -2.30. The molecular weight excluding hydrogens is 275 g/mol. The van der Waals surface area contributed by atoms with Gasteiger partial charge in [-0.15, -0.1) is 0 Å². The highest BCUT2D eigenvalue weighted by Gasteiger charge is 2.30. The minimum Gasteiger partial charge on any atom is -0.272 e. The lowest BCUT2D eigenvalue weighted by atomic mass is 9.86. The van der Waals surface area contributed by atoms with Gasteiger partial charge >= 0.3 is 0 Å². The number of hydrogen-bond donors (Lipinski definition) is 0. The first kappa shape index (κ1) is 13.5. The van der Waals surface area contributed by atoms with Gasteiger partial charge in [-0.25, -0.2) is 9.38 Å². The molecule has 0 radical (unpaired) electrons. The first-order chi connectivity index (χ1) is 9.72. The molecule has 0 saturated heterocycles. The molecule has 2 aliphatic rings. The maximum atomic E-state index is 12.8. The third-order valence-corrected chi connectivity index (χ3v) is 4.52. The minimum absolute atomic E-state index is 0.0451. The van der Waals surface area contributed by atoms with E-state index >= 15 is 0 Å². The summed E-state index contributed by atoms with van der Waals surface area (Å²) < 4.78 is 12.8. The number of aliphatic imine (C=N–C) groups is 2. The molecule has 20 heavy (non-hydrogen) atoms. The predicted molar refractivity (Wildman–Crippen MR) is 79.5 cm³/mol. The number of rotatable bonds is 2. The van der Waals surface area contributed by atoms with Gasteiger partial charge in [0, 0.05) is 11.5 Å². The second kappa shape index (κ2) is 5.87. The third kappa shape index (κ3) is 2.98. The number of halogens is 1. The molecular formula is C15H15FN2OS. The summed E-state index contributed by atoms with van der Waals surface area (Å²) in [6.45, 7) is 0. The largest absolute Gasteiger partial charge is 0.272 e. The van der Waals surface area contributed by atoms with E-state index in [1.807, 2.05) is 0 Å². The summed E-state index contributed by atoms with van der Waals surface area (Å²) in [7, 11) is 0. The van der Waals surface area contributed by atoms with Crippen LogP contribution in [-0.2, 0) is 10.5 Å². The van der Waals surface area contributed by atoms with Gasteiger partial charge in [0.05, 0.1) is 5.92 Å². The van der Waals surface area contributed by atoms with E-state index in [1.165, 1.54) is 23.9 Å². The van der Waals surface area contributed by atoms with Crippen LogP contribution < -0.4 is 0 Å². The standard InChI is InChI=1S/C15H15FN2OS/c16-11-7-5-10(6-8-11)9-20-15-17-13-4-2-1-3-12(13)14(19)18-15/h5-8,12H,1-4,9H2. The molecule has 1 heterocycles. The van der Waals surface area contributed by atoms with E-state index in [2.05, 4.69) is 9.98 Å². The molecule has 0 bridgehead atoms. The van der Waals surface area contributed by atoms with Crippen molar-refractivity contribution >= 4 is 28.5 Å². The van der Waals surface area contributed by atoms with E-state index in [4.69, 9.17) is 0 Å². The van der Waals surface area contributed by atoms with Gasteiger partial charge in [-0.3, -0.25) is 4.79 Å². The van der Waals surface area contributed by atoms with Crippen LogP contribution in [-0.4, -0.2) is 16.8 Å². The Morgan fingerprint density at radius 2 is 2.00 bits per heavy atom. The van der Waals surface area contributed by atoms with Crippen LogP contribution in [0, 0.1) is 11.7 Å². The van der Waals surface area contributed by atoms with Crippen molar-refractivity contribution in [3.05, 3.63) is 35.6 Å². The fourth-order valence-electron chi connectivity index (χ4n) is 2.51. The van der Waals surface area contributed by atoms with Gasteiger partial charge in [0.25, 0.3) is 5.91 Å². The Bertz CT molecular complexity index is 580. The lowest BCUT2D eigenvalue weighted by Gasteiger charge is -2.24. The summed E-state index contributed by atoms with van der Waals surface area (Å²) in [5.41, 5.74) is 2.00. The molecule has 5 heteroatoms. The molecule has 0 N–H and O–H groups in total. The van der Waals surface area contributed by atoms with Crippen molar-refractivity contribution in [1.29, 1.82) is 0 Å². The zero-order chi connectivity index (χ0) is 13.9. The molecule has 1 aromatic rings. The lowest BCUT2D eigenvalue weighted by molar-refractivity contribution is -0.120. The summed E-state index contributed by atoms with van der Waals surface area (Å²) in [5, 5.41) is 0.549. The van der Waals surface area contributed by atoms with Gasteiger partial charge in [-0.1, -0.05) is 30.3 Å². The number of amidine groups is 1. The summed E-state index contributed by atoms with van der Waals surface area (Å²) in [5.74, 6) is 0.290. The van der Waals surface area contributed by atoms with Crippen molar-refractivity contribution < 1.29 is 9.18 Å². The van der Waals surface area contributed by atoms with Crippen LogP contribution in [0.1, 0.15) is 31.2 Å². The van der Waals surface area contributed by atoms with E-state index in [0.29, 0.717) is 10.9 Å². The Labute approximate surface area is 121 Å². The summed E-state index contributed by atoms with van der Waals surface area (Å²) in [4.78, 5) is 20.6. The Hall–Kier alpha value is -1.49. The fraction of sp³-hybridized carbons (Fsp3) is 0.400. The molecule has 3 nitrogen and oxygen atoms in total.